The summed E-state index contributed by atoms with van der Waals surface area (Å²) >= 11 is 1.52. The molecular formula is C24H26N2O2S. The Labute approximate surface area is 176 Å². The van der Waals surface area contributed by atoms with Crippen LogP contribution in [0.4, 0.5) is 5.69 Å². The van der Waals surface area contributed by atoms with Crippen LogP contribution in [0, 0.1) is 5.92 Å². The number of para-hydroxylation sites is 3. The molecule has 4 nitrogen and oxygen atoms in total. The van der Waals surface area contributed by atoms with Crippen molar-refractivity contribution in [2.45, 2.75) is 37.1 Å². The first-order chi connectivity index (χ1) is 14.2. The summed E-state index contributed by atoms with van der Waals surface area (Å²) in [5, 5.41) is 5.10. The fourth-order valence-electron chi connectivity index (χ4n) is 4.01. The molecule has 1 heterocycles. The van der Waals surface area contributed by atoms with Gasteiger partial charge in [-0.1, -0.05) is 67.8 Å². The van der Waals surface area contributed by atoms with Crippen molar-refractivity contribution in [3.63, 3.8) is 0 Å². The van der Waals surface area contributed by atoms with Crippen molar-refractivity contribution in [3.8, 4) is 5.75 Å². The lowest BCUT2D eigenvalue weighted by atomic mass is 9.98. The summed E-state index contributed by atoms with van der Waals surface area (Å²) in [6.45, 7) is 0. The topological polar surface area (TPSA) is 51.2 Å². The first-order valence-corrected chi connectivity index (χ1v) is 11.2. The Hall–Kier alpha value is -2.53. The van der Waals surface area contributed by atoms with Gasteiger partial charge in [0.25, 0.3) is 0 Å². The van der Waals surface area contributed by atoms with Crippen LogP contribution in [0.1, 0.15) is 31.2 Å². The van der Waals surface area contributed by atoms with Gasteiger partial charge in [-0.15, -0.1) is 0 Å². The van der Waals surface area contributed by atoms with Gasteiger partial charge in [-0.25, -0.2) is 4.98 Å². The number of fused-ring (bicyclic) bond motifs is 1. The molecule has 29 heavy (non-hydrogen) atoms. The highest BCUT2D eigenvalue weighted by Crippen LogP contribution is 2.33. The molecule has 1 fully saturated rings. The molecule has 3 aromatic rings. The zero-order chi connectivity index (χ0) is 20.1. The minimum Gasteiger partial charge on any atom is -0.495 e. The molecule has 4 rings (SSSR count). The molecule has 0 saturated heterocycles. The number of hydrogen-bond acceptors (Lipinski definition) is 4. The number of methoxy groups -OCH3 is 1. The predicted molar refractivity (Wildman–Crippen MR) is 120 cm³/mol. The third-order valence-corrected chi connectivity index (χ3v) is 6.50. The van der Waals surface area contributed by atoms with Crippen LogP contribution >= 0.6 is 11.8 Å². The summed E-state index contributed by atoms with van der Waals surface area (Å²) in [7, 11) is 1.61. The standard InChI is InChI=1S/C24H26N2O2S/c1-28-22-13-7-6-12-21(22)25-23(27)16-29-24-19(14-17-8-2-3-9-17)15-18-10-4-5-11-20(18)26-24/h4-7,10-13,15,17H,2-3,8-9,14,16H2,1H3,(H,25,27). The van der Waals surface area contributed by atoms with E-state index in [-0.39, 0.29) is 5.91 Å². The molecule has 0 radical (unpaired) electrons. The van der Waals surface area contributed by atoms with E-state index in [2.05, 4.69) is 23.5 Å². The van der Waals surface area contributed by atoms with Gasteiger partial charge in [0.05, 0.1) is 24.1 Å². The molecule has 1 aromatic heterocycles. The highest BCUT2D eigenvalue weighted by atomic mass is 32.2. The Kier molecular flexibility index (Phi) is 6.35. The lowest BCUT2D eigenvalue weighted by Gasteiger charge is -2.14. The molecule has 0 atom stereocenters. The van der Waals surface area contributed by atoms with Crippen LogP contribution in [0.3, 0.4) is 0 Å². The SMILES string of the molecule is COc1ccccc1NC(=O)CSc1nc2ccccc2cc1CC1CCCC1. The molecule has 5 heteroatoms. The number of aromatic nitrogens is 1. The van der Waals surface area contributed by atoms with Gasteiger partial charge in [0.1, 0.15) is 10.8 Å². The van der Waals surface area contributed by atoms with Crippen molar-refractivity contribution < 1.29 is 9.53 Å². The van der Waals surface area contributed by atoms with Gasteiger partial charge in [0.2, 0.25) is 5.91 Å². The normalized spacial score (nSPS) is 14.2. The predicted octanol–water partition coefficient (Wildman–Crippen LogP) is 5.71. The quantitative estimate of drug-likeness (QED) is 0.511. The van der Waals surface area contributed by atoms with Crippen molar-refractivity contribution in [3.05, 3.63) is 60.2 Å². The van der Waals surface area contributed by atoms with Crippen molar-refractivity contribution in [2.24, 2.45) is 5.92 Å². The van der Waals surface area contributed by atoms with Gasteiger partial charge < -0.3 is 10.1 Å². The molecule has 1 amide bonds. The molecule has 0 bridgehead atoms. The largest absolute Gasteiger partial charge is 0.495 e. The zero-order valence-corrected chi connectivity index (χ0v) is 17.5. The summed E-state index contributed by atoms with van der Waals surface area (Å²) < 4.78 is 5.32. The number of rotatable bonds is 7. The number of carbonyl (C=O) groups is 1. The molecule has 0 unspecified atom stereocenters. The molecule has 0 aliphatic heterocycles. The van der Waals surface area contributed by atoms with Crippen molar-refractivity contribution >= 4 is 34.3 Å². The number of thioether (sulfide) groups is 1. The van der Waals surface area contributed by atoms with Crippen molar-refractivity contribution in [2.75, 3.05) is 18.2 Å². The van der Waals surface area contributed by atoms with Crippen LogP contribution < -0.4 is 10.1 Å². The minimum absolute atomic E-state index is 0.0544. The summed E-state index contributed by atoms with van der Waals surface area (Å²) in [6, 6.07) is 17.9. The van der Waals surface area contributed by atoms with E-state index in [1.807, 2.05) is 36.4 Å². The summed E-state index contributed by atoms with van der Waals surface area (Å²) in [5.74, 6) is 1.67. The van der Waals surface area contributed by atoms with Crippen LogP contribution in [-0.2, 0) is 11.2 Å². The molecule has 1 aliphatic carbocycles. The maximum Gasteiger partial charge on any atom is 0.234 e. The van der Waals surface area contributed by atoms with E-state index in [0.717, 1.165) is 22.9 Å². The maximum absolute atomic E-state index is 12.6. The van der Waals surface area contributed by atoms with Gasteiger partial charge in [-0.05, 0) is 42.2 Å². The molecule has 1 saturated carbocycles. The fraction of sp³-hybridized carbons (Fsp3) is 0.333. The Morgan fingerprint density at radius 2 is 1.90 bits per heavy atom. The fourth-order valence-corrected chi connectivity index (χ4v) is 4.84. The molecule has 0 spiro atoms. The second-order valence-corrected chi connectivity index (χ2v) is 8.50. The van der Waals surface area contributed by atoms with E-state index < -0.39 is 0 Å². The number of amides is 1. The zero-order valence-electron chi connectivity index (χ0n) is 16.7. The average Bonchev–Trinajstić information content (AvgIpc) is 3.25. The van der Waals surface area contributed by atoms with Crippen LogP contribution in [0.25, 0.3) is 10.9 Å². The third kappa shape index (κ3) is 4.91. The van der Waals surface area contributed by atoms with E-state index in [0.29, 0.717) is 17.2 Å². The Morgan fingerprint density at radius 3 is 2.72 bits per heavy atom. The van der Waals surface area contributed by atoms with Gasteiger partial charge in [0.15, 0.2) is 0 Å². The second-order valence-electron chi connectivity index (χ2n) is 7.54. The molecular weight excluding hydrogens is 380 g/mol. The van der Waals surface area contributed by atoms with Crippen LogP contribution in [0.2, 0.25) is 0 Å². The van der Waals surface area contributed by atoms with E-state index in [4.69, 9.17) is 9.72 Å². The minimum atomic E-state index is -0.0544. The van der Waals surface area contributed by atoms with Crippen LogP contribution in [0.5, 0.6) is 5.75 Å². The highest BCUT2D eigenvalue weighted by Gasteiger charge is 2.19. The Bertz CT molecular complexity index is 999. The van der Waals surface area contributed by atoms with Gasteiger partial charge in [0, 0.05) is 5.39 Å². The van der Waals surface area contributed by atoms with Crippen LogP contribution in [-0.4, -0.2) is 23.8 Å². The summed E-state index contributed by atoms with van der Waals surface area (Å²) in [6.07, 6.45) is 6.30. The first kappa shape index (κ1) is 19.8. The molecule has 2 aromatic carbocycles. The van der Waals surface area contributed by atoms with E-state index in [9.17, 15) is 4.79 Å². The number of anilines is 1. The van der Waals surface area contributed by atoms with Gasteiger partial charge in [-0.2, -0.15) is 0 Å². The smallest absolute Gasteiger partial charge is 0.234 e. The van der Waals surface area contributed by atoms with E-state index >= 15 is 0 Å². The number of hydrogen-bond donors (Lipinski definition) is 1. The van der Waals surface area contributed by atoms with E-state index in [1.54, 1.807) is 7.11 Å². The van der Waals surface area contributed by atoms with Gasteiger partial charge >= 0.3 is 0 Å². The molecule has 1 aliphatic rings. The second kappa shape index (κ2) is 9.31. The first-order valence-electron chi connectivity index (χ1n) is 10.2. The average molecular weight is 407 g/mol. The third-order valence-electron chi connectivity index (χ3n) is 5.47. The Balaban J connectivity index is 1.50. The van der Waals surface area contributed by atoms with E-state index in [1.165, 1.54) is 48.4 Å². The Morgan fingerprint density at radius 1 is 1.14 bits per heavy atom. The summed E-state index contributed by atoms with van der Waals surface area (Å²) in [5.41, 5.74) is 2.94. The van der Waals surface area contributed by atoms with Crippen molar-refractivity contribution in [1.82, 2.24) is 4.98 Å². The number of pyridine rings is 1. The molecule has 1 N–H and O–H groups in total. The highest BCUT2D eigenvalue weighted by molar-refractivity contribution is 8.00. The maximum atomic E-state index is 12.6. The number of carbonyl (C=O) groups excluding carboxylic acids is 1. The number of ether oxygens (including phenoxy) is 1. The number of nitrogens with one attached hydrogen (secondary N) is 1. The number of nitrogens with zero attached hydrogens (tertiary/aromatic N) is 1. The van der Waals surface area contributed by atoms with Crippen LogP contribution in [0.15, 0.2) is 59.6 Å². The van der Waals surface area contributed by atoms with Gasteiger partial charge in [-0.3, -0.25) is 4.79 Å². The lowest BCUT2D eigenvalue weighted by Crippen LogP contribution is -2.15. The van der Waals surface area contributed by atoms with Crippen molar-refractivity contribution in [1.29, 1.82) is 0 Å². The monoisotopic (exact) mass is 406 g/mol. The summed E-state index contributed by atoms with van der Waals surface area (Å²) in [4.78, 5) is 17.4. The molecule has 150 valence electrons. The number of benzene rings is 2. The lowest BCUT2D eigenvalue weighted by molar-refractivity contribution is -0.113.